The number of tetrazole rings is 1. The molecule has 54 heavy (non-hydrogen) atoms. The Labute approximate surface area is 314 Å². The molecule has 6 aromatic rings. The minimum absolute atomic E-state index is 0.115. The van der Waals surface area contributed by atoms with Gasteiger partial charge in [-0.05, 0) is 112 Å². The lowest BCUT2D eigenvalue weighted by atomic mass is 10.0. The van der Waals surface area contributed by atoms with Crippen LogP contribution in [0, 0.1) is 13.8 Å². The van der Waals surface area contributed by atoms with Crippen molar-refractivity contribution >= 4 is 17.7 Å². The molecule has 6 rings (SSSR count). The molecule has 0 aliphatic rings. The second-order valence-corrected chi connectivity index (χ2v) is 13.5. The van der Waals surface area contributed by atoms with Crippen LogP contribution in [-0.4, -0.2) is 76.0 Å². The minimum Gasteiger partial charge on any atom is -0.496 e. The summed E-state index contributed by atoms with van der Waals surface area (Å²) in [5.74, 6) is 1.18. The van der Waals surface area contributed by atoms with E-state index in [1.165, 1.54) is 7.11 Å². The van der Waals surface area contributed by atoms with Gasteiger partial charge in [0, 0.05) is 41.5 Å². The van der Waals surface area contributed by atoms with Crippen LogP contribution < -0.4 is 14.8 Å². The van der Waals surface area contributed by atoms with E-state index in [1.807, 2.05) is 81.5 Å². The van der Waals surface area contributed by atoms with Crippen molar-refractivity contribution in [2.45, 2.75) is 73.4 Å². The molecule has 4 aromatic heterocycles. The smallest absolute Gasteiger partial charge is 0.339 e. The number of carbonyl (C=O) groups excluding carboxylic acids is 1. The number of rotatable bonds is 11. The highest BCUT2D eigenvalue weighted by Crippen LogP contribution is 2.32. The highest BCUT2D eigenvalue weighted by molar-refractivity contribution is 6.06. The predicted molar refractivity (Wildman–Crippen MR) is 205 cm³/mol. The van der Waals surface area contributed by atoms with Crippen LogP contribution in [0.4, 0.5) is 5.82 Å². The molecule has 2 aromatic carbocycles. The number of carboxylic acid groups (broad SMARTS) is 1. The summed E-state index contributed by atoms with van der Waals surface area (Å²) in [6.45, 7) is 16.1. The van der Waals surface area contributed by atoms with Gasteiger partial charge in [0.25, 0.3) is 5.91 Å². The first-order chi connectivity index (χ1) is 25.7. The summed E-state index contributed by atoms with van der Waals surface area (Å²) in [7, 11) is 3.01. The molecule has 0 bridgehead atoms. The Balaban J connectivity index is 0.000000239. The van der Waals surface area contributed by atoms with Gasteiger partial charge in [-0.25, -0.2) is 9.78 Å². The third-order valence-electron chi connectivity index (χ3n) is 8.60. The number of nitrogens with zero attached hydrogens (tertiary/aromatic N) is 9. The van der Waals surface area contributed by atoms with Crippen LogP contribution in [-0.2, 0) is 0 Å². The SMILES string of the molecule is COc1cc(C)c(-c2ccn(C(C)C)n2)cc1C(=O)Nc1cccc(-n2nnnc2C(C)C)n1.COc1cc(C)c(-c2ccn(C(C)C)n2)cc1C(=O)O. The van der Waals surface area contributed by atoms with Gasteiger partial charge in [-0.2, -0.15) is 14.9 Å². The van der Waals surface area contributed by atoms with Crippen molar-refractivity contribution in [1.29, 1.82) is 0 Å². The monoisotopic (exact) mass is 734 g/mol. The van der Waals surface area contributed by atoms with Crippen molar-refractivity contribution in [2.75, 3.05) is 19.5 Å². The fourth-order valence-corrected chi connectivity index (χ4v) is 5.65. The maximum atomic E-state index is 13.3. The average molecular weight is 735 g/mol. The lowest BCUT2D eigenvalue weighted by molar-refractivity contribution is 0.0693. The number of benzene rings is 2. The van der Waals surface area contributed by atoms with Gasteiger partial charge < -0.3 is 19.9 Å². The first-order valence-electron chi connectivity index (χ1n) is 17.5. The molecule has 2 N–H and O–H groups in total. The number of aromatic carboxylic acids is 1. The zero-order valence-corrected chi connectivity index (χ0v) is 32.2. The Morgan fingerprint density at radius 1 is 0.759 bits per heavy atom. The van der Waals surface area contributed by atoms with Crippen LogP contribution in [0.2, 0.25) is 0 Å². The third kappa shape index (κ3) is 8.46. The van der Waals surface area contributed by atoms with E-state index in [4.69, 9.17) is 9.47 Å². The third-order valence-corrected chi connectivity index (χ3v) is 8.60. The lowest BCUT2D eigenvalue weighted by Crippen LogP contribution is -2.16. The number of carbonyl (C=O) groups is 2. The van der Waals surface area contributed by atoms with E-state index >= 15 is 0 Å². The van der Waals surface area contributed by atoms with E-state index in [1.54, 1.807) is 48.2 Å². The summed E-state index contributed by atoms with van der Waals surface area (Å²) in [6, 6.07) is 16.6. The Kier molecular flexibility index (Phi) is 11.9. The van der Waals surface area contributed by atoms with Crippen molar-refractivity contribution in [3.63, 3.8) is 0 Å². The fourth-order valence-electron chi connectivity index (χ4n) is 5.65. The second kappa shape index (κ2) is 16.5. The van der Waals surface area contributed by atoms with Crippen LogP contribution in [0.25, 0.3) is 28.3 Å². The van der Waals surface area contributed by atoms with Crippen LogP contribution in [0.5, 0.6) is 11.5 Å². The molecule has 15 heteroatoms. The lowest BCUT2D eigenvalue weighted by Gasteiger charge is -2.13. The number of ether oxygens (including phenoxy) is 2. The zero-order valence-electron chi connectivity index (χ0n) is 32.2. The first kappa shape index (κ1) is 38.8. The van der Waals surface area contributed by atoms with Crippen molar-refractivity contribution in [1.82, 2.24) is 44.8 Å². The van der Waals surface area contributed by atoms with Crippen molar-refractivity contribution in [3.8, 4) is 39.8 Å². The molecular formula is C39H46N10O5. The molecule has 0 saturated carbocycles. The van der Waals surface area contributed by atoms with E-state index in [2.05, 4.69) is 49.9 Å². The van der Waals surface area contributed by atoms with E-state index in [-0.39, 0.29) is 29.5 Å². The molecule has 0 spiro atoms. The molecule has 4 heterocycles. The number of pyridine rings is 1. The van der Waals surface area contributed by atoms with Gasteiger partial charge in [-0.1, -0.05) is 19.9 Å². The molecule has 0 fully saturated rings. The number of amides is 1. The van der Waals surface area contributed by atoms with Gasteiger partial charge in [0.1, 0.15) is 22.9 Å². The molecule has 0 unspecified atom stereocenters. The maximum absolute atomic E-state index is 13.3. The van der Waals surface area contributed by atoms with Crippen LogP contribution in [0.3, 0.4) is 0 Å². The van der Waals surface area contributed by atoms with Crippen molar-refractivity contribution in [3.05, 3.63) is 95.1 Å². The summed E-state index contributed by atoms with van der Waals surface area (Å²) in [6.07, 6.45) is 3.83. The highest BCUT2D eigenvalue weighted by Gasteiger charge is 2.20. The summed E-state index contributed by atoms with van der Waals surface area (Å²) in [5.41, 5.74) is 5.66. The van der Waals surface area contributed by atoms with Gasteiger partial charge in [0.15, 0.2) is 11.6 Å². The number of nitrogens with one attached hydrogen (secondary N) is 1. The molecule has 0 aliphatic carbocycles. The Bertz CT molecular complexity index is 2270. The first-order valence-corrected chi connectivity index (χ1v) is 17.5. The van der Waals surface area contributed by atoms with Crippen LogP contribution in [0.15, 0.2) is 67.0 Å². The summed E-state index contributed by atoms with van der Waals surface area (Å²) in [5, 5.41) is 33.1. The molecule has 0 saturated heterocycles. The largest absolute Gasteiger partial charge is 0.496 e. The summed E-state index contributed by atoms with van der Waals surface area (Å²) in [4.78, 5) is 29.1. The topological polar surface area (TPSA) is 177 Å². The van der Waals surface area contributed by atoms with E-state index in [9.17, 15) is 14.7 Å². The Morgan fingerprint density at radius 3 is 1.78 bits per heavy atom. The number of hydrogen-bond donors (Lipinski definition) is 2. The van der Waals surface area contributed by atoms with Crippen LogP contribution >= 0.6 is 0 Å². The number of aryl methyl sites for hydroxylation is 2. The minimum atomic E-state index is -1.01. The molecule has 0 aliphatic heterocycles. The van der Waals surface area contributed by atoms with E-state index < -0.39 is 5.97 Å². The fraction of sp³-hybridized carbons (Fsp3) is 0.333. The molecule has 0 atom stereocenters. The maximum Gasteiger partial charge on any atom is 0.339 e. The highest BCUT2D eigenvalue weighted by atomic mass is 16.5. The van der Waals surface area contributed by atoms with Crippen molar-refractivity contribution < 1.29 is 24.2 Å². The normalized spacial score (nSPS) is 11.1. The van der Waals surface area contributed by atoms with Gasteiger partial charge in [0.05, 0.1) is 31.2 Å². The number of carboxylic acids is 1. The van der Waals surface area contributed by atoms with E-state index in [0.717, 1.165) is 33.6 Å². The van der Waals surface area contributed by atoms with E-state index in [0.29, 0.717) is 34.5 Å². The van der Waals surface area contributed by atoms with Gasteiger partial charge in [-0.3, -0.25) is 14.2 Å². The summed E-state index contributed by atoms with van der Waals surface area (Å²) >= 11 is 0. The number of methoxy groups -OCH3 is 2. The predicted octanol–water partition coefficient (Wildman–Crippen LogP) is 7.34. The summed E-state index contributed by atoms with van der Waals surface area (Å²) < 4.78 is 15.9. The molecular weight excluding hydrogens is 688 g/mol. The number of aromatic nitrogens is 9. The van der Waals surface area contributed by atoms with Gasteiger partial charge in [-0.15, -0.1) is 5.10 Å². The zero-order chi connectivity index (χ0) is 39.3. The molecule has 282 valence electrons. The average Bonchev–Trinajstić information content (AvgIpc) is 3.93. The Morgan fingerprint density at radius 2 is 1.30 bits per heavy atom. The standard InChI is InChI=1S/C24H28N8O2.C15H18N2O3/c1-14(2)23-27-29-30-32(23)22-9-7-8-21(25-22)26-24(33)18-13-17(16(5)12-20(18)34-6)19-10-11-31(28-19)15(3)4;1-9(2)17-6-5-13(16-17)11-8-12(15(18)19)14(20-4)7-10(11)3/h7-15H,1-6H3,(H,25,26,33);5-9H,1-4H3,(H,18,19). The molecule has 1 amide bonds. The number of anilines is 1. The molecule has 15 nitrogen and oxygen atoms in total. The van der Waals surface area contributed by atoms with Crippen molar-refractivity contribution in [2.24, 2.45) is 0 Å². The Hall–Kier alpha value is -6.38. The second-order valence-electron chi connectivity index (χ2n) is 13.5. The van der Waals surface area contributed by atoms with Crippen LogP contribution in [0.1, 0.15) is 97.2 Å². The number of hydrogen-bond acceptors (Lipinski definition) is 10. The van der Waals surface area contributed by atoms with Gasteiger partial charge >= 0.3 is 5.97 Å². The quantitative estimate of drug-likeness (QED) is 0.136. The molecule has 0 radical (unpaired) electrons. The van der Waals surface area contributed by atoms with Gasteiger partial charge in [0.2, 0.25) is 0 Å².